The largest absolute Gasteiger partial charge is 0.297 e. The van der Waals surface area contributed by atoms with Crippen LogP contribution in [0.1, 0.15) is 13.3 Å². The first-order valence-electron chi connectivity index (χ1n) is 2.94. The molecule has 1 aliphatic rings. The predicted molar refractivity (Wildman–Crippen MR) is 32.0 cm³/mol. The van der Waals surface area contributed by atoms with Crippen LogP contribution in [0.2, 0.25) is 0 Å². The summed E-state index contributed by atoms with van der Waals surface area (Å²) in [4.78, 5) is 3.94. The van der Waals surface area contributed by atoms with Crippen LogP contribution >= 0.6 is 0 Å². The van der Waals surface area contributed by atoms with Crippen molar-refractivity contribution >= 4 is 6.21 Å². The number of nitrogens with zero attached hydrogens (tertiary/aromatic N) is 1. The lowest BCUT2D eigenvalue weighted by Crippen LogP contribution is -2.19. The van der Waals surface area contributed by atoms with E-state index in [1.54, 1.807) is 6.21 Å². The second-order valence-electron chi connectivity index (χ2n) is 2.22. The zero-order valence-electron chi connectivity index (χ0n) is 4.97. The van der Waals surface area contributed by atoms with Crippen LogP contribution in [-0.2, 0) is 0 Å². The quantitative estimate of drug-likeness (QED) is 0.453. The fraction of sp³-hybridized carbons (Fsp3) is 0.833. The summed E-state index contributed by atoms with van der Waals surface area (Å²) in [7, 11) is 0. The van der Waals surface area contributed by atoms with Gasteiger partial charge in [0.2, 0.25) is 0 Å². The van der Waals surface area contributed by atoms with Crippen LogP contribution in [0, 0.1) is 5.92 Å². The lowest BCUT2D eigenvalue weighted by Gasteiger charge is -2.14. The molecule has 0 radical (unpaired) electrons. The topological polar surface area (TPSA) is 12.4 Å². The molecule has 1 aliphatic heterocycles. The van der Waals surface area contributed by atoms with Gasteiger partial charge in [-0.3, -0.25) is 4.99 Å². The van der Waals surface area contributed by atoms with Gasteiger partial charge in [0.25, 0.3) is 0 Å². The van der Waals surface area contributed by atoms with E-state index in [2.05, 4.69) is 4.99 Å². The molecule has 1 unspecified atom stereocenters. The number of hydrogen-bond donors (Lipinski definition) is 0. The maximum atomic E-state index is 12.5. The van der Waals surface area contributed by atoms with E-state index in [0.717, 1.165) is 0 Å². The van der Waals surface area contributed by atoms with Crippen molar-refractivity contribution in [1.82, 2.24) is 0 Å². The summed E-state index contributed by atoms with van der Waals surface area (Å²) in [6.45, 7) is 2.53. The number of alkyl halides is 1. The average Bonchev–Trinajstić information content (AvgIpc) is 1.77. The van der Waals surface area contributed by atoms with Crippen molar-refractivity contribution in [2.75, 3.05) is 6.54 Å². The Morgan fingerprint density at radius 3 is 2.88 bits per heavy atom. The van der Waals surface area contributed by atoms with E-state index in [-0.39, 0.29) is 5.92 Å². The normalized spacial score (nSPS) is 37.8. The molecule has 0 saturated carbocycles. The minimum atomic E-state index is -0.646. The van der Waals surface area contributed by atoms with E-state index < -0.39 is 6.17 Å². The average molecular weight is 115 g/mol. The highest BCUT2D eigenvalue weighted by Crippen LogP contribution is 2.12. The summed E-state index contributed by atoms with van der Waals surface area (Å²) in [5, 5.41) is 0. The molecular formula is C6H10FN. The molecule has 1 heterocycles. The lowest BCUT2D eigenvalue weighted by atomic mass is 10.0. The molecule has 0 N–H and O–H groups in total. The molecule has 0 saturated heterocycles. The second-order valence-corrected chi connectivity index (χ2v) is 2.22. The maximum absolute atomic E-state index is 12.5. The Balaban J connectivity index is 2.47. The van der Waals surface area contributed by atoms with Crippen molar-refractivity contribution in [3.63, 3.8) is 0 Å². The monoisotopic (exact) mass is 115 g/mol. The Morgan fingerprint density at radius 1 is 1.75 bits per heavy atom. The van der Waals surface area contributed by atoms with Gasteiger partial charge in [0.05, 0.1) is 0 Å². The smallest absolute Gasteiger partial charge is 0.109 e. The van der Waals surface area contributed by atoms with Gasteiger partial charge < -0.3 is 0 Å². The number of hydrogen-bond acceptors (Lipinski definition) is 1. The molecule has 0 aliphatic carbocycles. The molecule has 0 aromatic rings. The number of halogens is 1. The second kappa shape index (κ2) is 2.25. The molecule has 1 nitrogen and oxygen atoms in total. The first-order chi connectivity index (χ1) is 3.80. The summed E-state index contributed by atoms with van der Waals surface area (Å²) in [5.74, 6) is 0.0451. The molecule has 0 amide bonds. The van der Waals surface area contributed by atoms with Gasteiger partial charge in [-0.05, 0) is 6.42 Å². The molecule has 0 aromatic carbocycles. The molecule has 0 fully saturated rings. The van der Waals surface area contributed by atoms with Crippen molar-refractivity contribution in [3.8, 4) is 0 Å². The van der Waals surface area contributed by atoms with Gasteiger partial charge in [-0.15, -0.1) is 0 Å². The van der Waals surface area contributed by atoms with E-state index in [9.17, 15) is 4.39 Å². The van der Waals surface area contributed by atoms with Gasteiger partial charge in [-0.1, -0.05) is 6.92 Å². The highest BCUT2D eigenvalue weighted by Gasteiger charge is 2.16. The summed E-state index contributed by atoms with van der Waals surface area (Å²) < 4.78 is 12.5. The molecule has 2 heteroatoms. The molecule has 0 spiro atoms. The van der Waals surface area contributed by atoms with E-state index in [4.69, 9.17) is 0 Å². The maximum Gasteiger partial charge on any atom is 0.109 e. The van der Waals surface area contributed by atoms with Crippen LogP contribution in [-0.4, -0.2) is 18.9 Å². The van der Waals surface area contributed by atoms with Crippen LogP contribution in [0.5, 0.6) is 0 Å². The summed E-state index contributed by atoms with van der Waals surface area (Å²) in [6.07, 6.45) is 1.67. The summed E-state index contributed by atoms with van der Waals surface area (Å²) in [5.41, 5.74) is 0. The van der Waals surface area contributed by atoms with Gasteiger partial charge in [0, 0.05) is 18.7 Å². The first kappa shape index (κ1) is 5.73. The Kier molecular flexibility index (Phi) is 1.61. The summed E-state index contributed by atoms with van der Waals surface area (Å²) in [6, 6.07) is 0. The van der Waals surface area contributed by atoms with Crippen molar-refractivity contribution < 1.29 is 4.39 Å². The third-order valence-electron chi connectivity index (χ3n) is 1.45. The van der Waals surface area contributed by atoms with Crippen molar-refractivity contribution in [1.29, 1.82) is 0 Å². The van der Waals surface area contributed by atoms with Crippen LogP contribution < -0.4 is 0 Å². The Bertz CT molecular complexity index is 101. The molecule has 0 bridgehead atoms. The molecule has 8 heavy (non-hydrogen) atoms. The minimum Gasteiger partial charge on any atom is -0.297 e. The summed E-state index contributed by atoms with van der Waals surface area (Å²) >= 11 is 0. The van der Waals surface area contributed by atoms with Crippen LogP contribution in [0.15, 0.2) is 4.99 Å². The van der Waals surface area contributed by atoms with Crippen LogP contribution in [0.4, 0.5) is 4.39 Å². The SMILES string of the molecule is C[C@@H]1C=NCCC1F. The lowest BCUT2D eigenvalue weighted by molar-refractivity contribution is 0.268. The third kappa shape index (κ3) is 1.05. The highest BCUT2D eigenvalue weighted by molar-refractivity contribution is 5.61. The highest BCUT2D eigenvalue weighted by atomic mass is 19.1. The zero-order valence-corrected chi connectivity index (χ0v) is 4.97. The van der Waals surface area contributed by atoms with E-state index >= 15 is 0 Å². The molecule has 1 rings (SSSR count). The van der Waals surface area contributed by atoms with Gasteiger partial charge in [-0.25, -0.2) is 4.39 Å². The van der Waals surface area contributed by atoms with Crippen molar-refractivity contribution in [3.05, 3.63) is 0 Å². The molecule has 2 atom stereocenters. The van der Waals surface area contributed by atoms with Gasteiger partial charge in [-0.2, -0.15) is 0 Å². The fourth-order valence-electron chi connectivity index (χ4n) is 0.795. The zero-order chi connectivity index (χ0) is 5.98. The Labute approximate surface area is 48.6 Å². The van der Waals surface area contributed by atoms with E-state index in [1.165, 1.54) is 0 Å². The van der Waals surface area contributed by atoms with Gasteiger partial charge in [0.1, 0.15) is 6.17 Å². The first-order valence-corrected chi connectivity index (χ1v) is 2.94. The fourth-order valence-corrected chi connectivity index (χ4v) is 0.795. The predicted octanol–water partition coefficient (Wildman–Crippen LogP) is 1.44. The Morgan fingerprint density at radius 2 is 2.50 bits per heavy atom. The van der Waals surface area contributed by atoms with E-state index in [1.807, 2.05) is 6.92 Å². The van der Waals surface area contributed by atoms with Crippen LogP contribution in [0.3, 0.4) is 0 Å². The van der Waals surface area contributed by atoms with Crippen molar-refractivity contribution in [2.24, 2.45) is 10.9 Å². The molecule has 0 aromatic heterocycles. The van der Waals surface area contributed by atoms with E-state index in [0.29, 0.717) is 13.0 Å². The molecule has 46 valence electrons. The minimum absolute atomic E-state index is 0.0451. The van der Waals surface area contributed by atoms with Gasteiger partial charge in [0.15, 0.2) is 0 Å². The standard InChI is InChI=1S/C6H10FN/c1-5-4-8-3-2-6(5)7/h4-6H,2-3H2,1H3/t5-,6?/m1/s1. The van der Waals surface area contributed by atoms with Crippen molar-refractivity contribution in [2.45, 2.75) is 19.5 Å². The van der Waals surface area contributed by atoms with Gasteiger partial charge >= 0.3 is 0 Å². The molecular weight excluding hydrogens is 105 g/mol. The number of aliphatic imine (C=N–C) groups is 1. The Hall–Kier alpha value is -0.400. The van der Waals surface area contributed by atoms with Crippen LogP contribution in [0.25, 0.3) is 0 Å². The third-order valence-corrected chi connectivity index (χ3v) is 1.45. The number of rotatable bonds is 0.